The highest BCUT2D eigenvalue weighted by atomic mass is 35.5. The molecule has 7 nitrogen and oxygen atoms in total. The van der Waals surface area contributed by atoms with Crippen molar-refractivity contribution in [3.8, 4) is 11.5 Å². The van der Waals surface area contributed by atoms with Crippen molar-refractivity contribution < 1.29 is 19.4 Å². The molecule has 0 bridgehead atoms. The normalized spacial score (nSPS) is 15.6. The first kappa shape index (κ1) is 23.8. The van der Waals surface area contributed by atoms with Gasteiger partial charge in [-0.3, -0.25) is 9.36 Å². The average Bonchev–Trinajstić information content (AvgIpc) is 3.15. The maximum atomic E-state index is 13.6. The molecule has 1 aliphatic rings. The predicted molar refractivity (Wildman–Crippen MR) is 131 cm³/mol. The summed E-state index contributed by atoms with van der Waals surface area (Å²) >= 11 is 7.39. The van der Waals surface area contributed by atoms with E-state index >= 15 is 0 Å². The lowest BCUT2D eigenvalue weighted by Gasteiger charge is -2.25. The van der Waals surface area contributed by atoms with E-state index in [0.717, 1.165) is 5.56 Å². The summed E-state index contributed by atoms with van der Waals surface area (Å²) in [6.45, 7) is 4.06. The second-order valence-corrected chi connectivity index (χ2v) is 8.90. The van der Waals surface area contributed by atoms with E-state index in [-0.39, 0.29) is 22.1 Å². The number of rotatable bonds is 6. The lowest BCUT2D eigenvalue weighted by atomic mass is 9.95. The number of phenols is 1. The van der Waals surface area contributed by atoms with Gasteiger partial charge in [-0.2, -0.15) is 0 Å². The number of fused-ring (bicyclic) bond motifs is 1. The number of carbonyl (C=O) groups excluding carboxylic acids is 1. The van der Waals surface area contributed by atoms with E-state index < -0.39 is 12.0 Å². The number of aromatic nitrogens is 1. The highest BCUT2D eigenvalue weighted by Crippen LogP contribution is 2.35. The number of benzene rings is 2. The highest BCUT2D eigenvalue weighted by Gasteiger charge is 2.33. The maximum Gasteiger partial charge on any atom is 0.338 e. The average molecular weight is 499 g/mol. The fraction of sp³-hybridized carbons (Fsp3) is 0.240. The molecule has 0 amide bonds. The molecule has 0 spiro atoms. The minimum Gasteiger partial charge on any atom is -0.503 e. The van der Waals surface area contributed by atoms with Crippen molar-refractivity contribution in [2.45, 2.75) is 26.3 Å². The Balaban J connectivity index is 1.97. The second kappa shape index (κ2) is 9.87. The minimum absolute atomic E-state index is 0.119. The van der Waals surface area contributed by atoms with Gasteiger partial charge in [0.15, 0.2) is 16.3 Å². The third-order valence-corrected chi connectivity index (χ3v) is 6.68. The number of hydrogen-bond acceptors (Lipinski definition) is 7. The number of methoxy groups -OCH3 is 1. The lowest BCUT2D eigenvalue weighted by Crippen LogP contribution is -2.40. The van der Waals surface area contributed by atoms with Gasteiger partial charge in [0.1, 0.15) is 0 Å². The number of nitrogens with zero attached hydrogens (tertiary/aromatic N) is 2. The molecular weight excluding hydrogens is 476 g/mol. The molecule has 34 heavy (non-hydrogen) atoms. The molecule has 2 heterocycles. The number of phenolic OH excluding ortho intramolecular Hbond substituents is 1. The van der Waals surface area contributed by atoms with Gasteiger partial charge in [-0.25, -0.2) is 9.79 Å². The number of allylic oxidation sites excluding steroid dienone is 1. The van der Waals surface area contributed by atoms with Crippen molar-refractivity contribution >= 4 is 35.0 Å². The third-order valence-electron chi connectivity index (χ3n) is 5.41. The minimum atomic E-state index is -0.663. The largest absolute Gasteiger partial charge is 0.503 e. The standard InChI is InChI=1S/C25H23ClN2O5S/c1-4-17-20(24(31)32-3)21(15-9-7-6-8-10-15)28-23(30)19(34-25(28)27-17)13-14-11-16(26)22(29)18(12-14)33-5-2/h6-13,21,29H,4-5H2,1-3H3/b19-13-/t21-/m0/s1. The number of ether oxygens (including phenoxy) is 2. The summed E-state index contributed by atoms with van der Waals surface area (Å²) < 4.78 is 12.5. The zero-order chi connectivity index (χ0) is 24.4. The Morgan fingerprint density at radius 2 is 2.00 bits per heavy atom. The van der Waals surface area contributed by atoms with E-state index in [9.17, 15) is 14.7 Å². The van der Waals surface area contributed by atoms with Crippen LogP contribution in [0.5, 0.6) is 11.5 Å². The summed E-state index contributed by atoms with van der Waals surface area (Å²) in [7, 11) is 1.32. The van der Waals surface area contributed by atoms with E-state index in [1.165, 1.54) is 23.0 Å². The summed E-state index contributed by atoms with van der Waals surface area (Å²) in [4.78, 5) is 31.5. The quantitative estimate of drug-likeness (QED) is 0.525. The van der Waals surface area contributed by atoms with Crippen LogP contribution in [0.1, 0.15) is 37.4 Å². The van der Waals surface area contributed by atoms with E-state index in [1.54, 1.807) is 25.1 Å². The number of hydrogen-bond donors (Lipinski definition) is 1. The van der Waals surface area contributed by atoms with Gasteiger partial charge in [-0.1, -0.05) is 60.2 Å². The molecule has 3 aromatic rings. The molecule has 4 rings (SSSR count). The predicted octanol–water partition coefficient (Wildman–Crippen LogP) is 3.56. The van der Waals surface area contributed by atoms with Crippen LogP contribution in [0, 0.1) is 0 Å². The Kier molecular flexibility index (Phi) is 6.90. The molecule has 0 unspecified atom stereocenters. The molecule has 0 radical (unpaired) electrons. The van der Waals surface area contributed by atoms with Crippen molar-refractivity contribution in [3.05, 3.63) is 89.6 Å². The van der Waals surface area contributed by atoms with Crippen LogP contribution in [-0.2, 0) is 9.53 Å². The van der Waals surface area contributed by atoms with Gasteiger partial charge in [0.2, 0.25) is 0 Å². The first-order chi connectivity index (χ1) is 16.4. The summed E-state index contributed by atoms with van der Waals surface area (Å²) in [5.41, 5.74) is 2.01. The van der Waals surface area contributed by atoms with Gasteiger partial charge >= 0.3 is 5.97 Å². The van der Waals surface area contributed by atoms with E-state index in [2.05, 4.69) is 4.99 Å². The van der Waals surface area contributed by atoms with Gasteiger partial charge < -0.3 is 14.6 Å². The molecule has 0 aliphatic carbocycles. The van der Waals surface area contributed by atoms with E-state index in [4.69, 9.17) is 21.1 Å². The Hall–Kier alpha value is -3.36. The van der Waals surface area contributed by atoms with Gasteiger partial charge in [-0.15, -0.1) is 0 Å². The van der Waals surface area contributed by atoms with Crippen LogP contribution in [0.4, 0.5) is 0 Å². The first-order valence-corrected chi connectivity index (χ1v) is 11.9. The van der Waals surface area contributed by atoms with Gasteiger partial charge in [-0.05, 0) is 42.7 Å². The summed E-state index contributed by atoms with van der Waals surface area (Å²) in [5.74, 6) is -0.436. The van der Waals surface area contributed by atoms with Crippen molar-refractivity contribution in [3.63, 3.8) is 0 Å². The molecule has 0 saturated heterocycles. The van der Waals surface area contributed by atoms with Crippen LogP contribution in [0.25, 0.3) is 6.08 Å². The van der Waals surface area contributed by atoms with Gasteiger partial charge in [0.05, 0.1) is 40.6 Å². The van der Waals surface area contributed by atoms with E-state index in [1.807, 2.05) is 37.3 Å². The summed E-state index contributed by atoms with van der Waals surface area (Å²) in [6, 6.07) is 11.9. The fourth-order valence-corrected chi connectivity index (χ4v) is 5.15. The smallest absolute Gasteiger partial charge is 0.338 e. The van der Waals surface area contributed by atoms with Crippen LogP contribution in [0.15, 0.2) is 63.5 Å². The number of esters is 1. The number of aromatic hydroxyl groups is 1. The fourth-order valence-electron chi connectivity index (χ4n) is 3.91. The zero-order valence-corrected chi connectivity index (χ0v) is 20.4. The SMILES string of the molecule is CCOc1cc(/C=c2\sc3n(c2=O)[C@@H](c2ccccc2)C(C(=O)OC)=C(CC)N=3)cc(Cl)c1O. The molecule has 1 aliphatic heterocycles. The first-order valence-electron chi connectivity index (χ1n) is 10.7. The molecule has 2 aromatic carbocycles. The van der Waals surface area contributed by atoms with Gasteiger partial charge in [0, 0.05) is 0 Å². The van der Waals surface area contributed by atoms with Crippen molar-refractivity contribution in [2.24, 2.45) is 4.99 Å². The number of carbonyl (C=O) groups is 1. The monoisotopic (exact) mass is 498 g/mol. The summed E-state index contributed by atoms with van der Waals surface area (Å²) in [6.07, 6.45) is 2.18. The van der Waals surface area contributed by atoms with Crippen LogP contribution in [0.2, 0.25) is 5.02 Å². The molecule has 176 valence electrons. The number of thiazole rings is 1. The third kappa shape index (κ3) is 4.26. The molecule has 0 fully saturated rings. The molecular formula is C25H23ClN2O5S. The van der Waals surface area contributed by atoms with Crippen LogP contribution in [-0.4, -0.2) is 29.4 Å². The van der Waals surface area contributed by atoms with Crippen LogP contribution in [0.3, 0.4) is 0 Å². The zero-order valence-electron chi connectivity index (χ0n) is 18.9. The summed E-state index contributed by atoms with van der Waals surface area (Å²) in [5, 5.41) is 10.2. The molecule has 1 N–H and O–H groups in total. The van der Waals surface area contributed by atoms with Crippen LogP contribution >= 0.6 is 22.9 Å². The Labute approximate surface area is 204 Å². The van der Waals surface area contributed by atoms with E-state index in [0.29, 0.717) is 39.2 Å². The topological polar surface area (TPSA) is 90.1 Å². The van der Waals surface area contributed by atoms with Crippen molar-refractivity contribution in [2.75, 3.05) is 13.7 Å². The molecule has 0 saturated carbocycles. The Bertz CT molecular complexity index is 1460. The highest BCUT2D eigenvalue weighted by molar-refractivity contribution is 7.07. The second-order valence-electron chi connectivity index (χ2n) is 7.48. The maximum absolute atomic E-state index is 13.6. The van der Waals surface area contributed by atoms with Crippen LogP contribution < -0.4 is 19.6 Å². The Morgan fingerprint density at radius 3 is 2.65 bits per heavy atom. The number of halogens is 1. The van der Waals surface area contributed by atoms with Crippen molar-refractivity contribution in [1.29, 1.82) is 0 Å². The lowest BCUT2D eigenvalue weighted by molar-refractivity contribution is -0.136. The molecule has 9 heteroatoms. The molecule has 1 aromatic heterocycles. The van der Waals surface area contributed by atoms with Gasteiger partial charge in [0.25, 0.3) is 5.56 Å². The molecule has 1 atom stereocenters. The van der Waals surface area contributed by atoms with Crippen molar-refractivity contribution in [1.82, 2.24) is 4.57 Å². The Morgan fingerprint density at radius 1 is 1.26 bits per heavy atom.